The van der Waals surface area contributed by atoms with E-state index in [9.17, 15) is 9.18 Å². The molecular weight excluding hydrogens is 349 g/mol. The largest absolute Gasteiger partial charge is 0.493 e. The number of aromatic nitrogens is 2. The fraction of sp³-hybridized carbons (Fsp3) is 0.300. The molecule has 1 aliphatic rings. The molecule has 4 rings (SSSR count). The number of hydrogen-bond donors (Lipinski definition) is 1. The van der Waals surface area contributed by atoms with Gasteiger partial charge in [-0.15, -0.1) is 0 Å². The Labute approximate surface area is 155 Å². The van der Waals surface area contributed by atoms with Crippen molar-refractivity contribution in [2.75, 3.05) is 20.8 Å². The first-order valence-electron chi connectivity index (χ1n) is 8.73. The zero-order valence-corrected chi connectivity index (χ0v) is 15.2. The summed E-state index contributed by atoms with van der Waals surface area (Å²) in [6.45, 7) is 0.624. The average molecular weight is 369 g/mol. The summed E-state index contributed by atoms with van der Waals surface area (Å²) < 4.78 is 24.4. The molecule has 7 heteroatoms. The number of carbonyl (C=O) groups excluding carboxylic acids is 1. The van der Waals surface area contributed by atoms with Gasteiger partial charge in [0.1, 0.15) is 18.2 Å². The average Bonchev–Trinajstić information content (AvgIpc) is 3.07. The molecule has 140 valence electrons. The van der Waals surface area contributed by atoms with Crippen molar-refractivity contribution in [3.63, 3.8) is 0 Å². The molecule has 0 saturated heterocycles. The lowest BCUT2D eigenvalue weighted by Gasteiger charge is -2.28. The van der Waals surface area contributed by atoms with E-state index < -0.39 is 0 Å². The molecule has 1 amide bonds. The van der Waals surface area contributed by atoms with Gasteiger partial charge in [0.15, 0.2) is 11.5 Å². The number of rotatable bonds is 4. The molecule has 2 heterocycles. The van der Waals surface area contributed by atoms with Crippen molar-refractivity contribution in [1.29, 1.82) is 0 Å². The summed E-state index contributed by atoms with van der Waals surface area (Å²) in [5, 5.41) is 0. The number of aromatic amines is 1. The number of nitrogens with zero attached hydrogens (tertiary/aromatic N) is 2. The van der Waals surface area contributed by atoms with Crippen LogP contribution in [0.1, 0.15) is 11.4 Å². The quantitative estimate of drug-likeness (QED) is 0.768. The smallest absolute Gasteiger partial charge is 0.229 e. The lowest BCUT2D eigenvalue weighted by Crippen LogP contribution is -2.38. The van der Waals surface area contributed by atoms with Crippen molar-refractivity contribution in [3.8, 4) is 11.5 Å². The van der Waals surface area contributed by atoms with Crippen LogP contribution in [0.4, 0.5) is 4.39 Å². The van der Waals surface area contributed by atoms with Crippen LogP contribution in [0.5, 0.6) is 11.5 Å². The molecule has 1 aromatic heterocycles. The van der Waals surface area contributed by atoms with Gasteiger partial charge in [-0.05, 0) is 36.2 Å². The summed E-state index contributed by atoms with van der Waals surface area (Å²) in [4.78, 5) is 21.9. The third kappa shape index (κ3) is 3.32. The number of amides is 1. The number of carbonyl (C=O) groups is 1. The molecule has 3 aromatic rings. The van der Waals surface area contributed by atoms with E-state index in [0.717, 1.165) is 5.56 Å². The summed E-state index contributed by atoms with van der Waals surface area (Å²) in [5.74, 6) is 1.40. The minimum absolute atomic E-state index is 0.0184. The van der Waals surface area contributed by atoms with Crippen LogP contribution in [0.15, 0.2) is 36.4 Å². The van der Waals surface area contributed by atoms with Crippen LogP contribution >= 0.6 is 0 Å². The molecule has 1 unspecified atom stereocenters. The maximum Gasteiger partial charge on any atom is 0.229 e. The first-order valence-corrected chi connectivity index (χ1v) is 8.73. The Bertz CT molecular complexity index is 1000. The fourth-order valence-corrected chi connectivity index (χ4v) is 3.44. The number of ether oxygens (including phenoxy) is 2. The van der Waals surface area contributed by atoms with E-state index in [1.807, 2.05) is 18.2 Å². The zero-order valence-electron chi connectivity index (χ0n) is 15.2. The maximum atomic E-state index is 13.3. The van der Waals surface area contributed by atoms with Crippen LogP contribution in [-0.2, 0) is 17.8 Å². The number of para-hydroxylation sites is 1. The number of benzene rings is 2. The standard InChI is InChI=1S/C20H20FN3O3/c1-24(10-18-22-15-7-6-14(21)9-16(15)23-18)20(25)13-8-12-4-3-5-17(26-2)19(12)27-11-13/h3-7,9,13H,8,10-11H2,1-2H3,(H,22,23). The van der Waals surface area contributed by atoms with E-state index in [0.29, 0.717) is 47.9 Å². The van der Waals surface area contributed by atoms with Gasteiger partial charge < -0.3 is 19.4 Å². The normalized spacial score (nSPS) is 15.9. The lowest BCUT2D eigenvalue weighted by molar-refractivity contribution is -0.136. The third-order valence-electron chi connectivity index (χ3n) is 4.78. The second kappa shape index (κ2) is 6.90. The van der Waals surface area contributed by atoms with Gasteiger partial charge in [-0.3, -0.25) is 4.79 Å². The highest BCUT2D eigenvalue weighted by atomic mass is 19.1. The van der Waals surface area contributed by atoms with Crippen molar-refractivity contribution in [1.82, 2.24) is 14.9 Å². The van der Waals surface area contributed by atoms with Crippen LogP contribution in [0.3, 0.4) is 0 Å². The Hall–Kier alpha value is -3.09. The first kappa shape index (κ1) is 17.3. The predicted molar refractivity (Wildman–Crippen MR) is 98.2 cm³/mol. The number of imidazole rings is 1. The van der Waals surface area contributed by atoms with Gasteiger partial charge in [0.2, 0.25) is 5.91 Å². The molecule has 1 atom stereocenters. The molecule has 0 spiro atoms. The predicted octanol–water partition coefficient (Wildman–Crippen LogP) is 2.92. The highest BCUT2D eigenvalue weighted by Crippen LogP contribution is 2.36. The molecule has 6 nitrogen and oxygen atoms in total. The molecule has 0 saturated carbocycles. The summed E-state index contributed by atoms with van der Waals surface area (Å²) in [6, 6.07) is 10.1. The minimum Gasteiger partial charge on any atom is -0.493 e. The number of nitrogens with one attached hydrogen (secondary N) is 1. The fourth-order valence-electron chi connectivity index (χ4n) is 3.44. The minimum atomic E-state index is -0.324. The molecule has 27 heavy (non-hydrogen) atoms. The van der Waals surface area contributed by atoms with Crippen LogP contribution in [0.25, 0.3) is 11.0 Å². The third-order valence-corrected chi connectivity index (χ3v) is 4.78. The molecule has 0 bridgehead atoms. The van der Waals surface area contributed by atoms with Crippen LogP contribution in [-0.4, -0.2) is 41.5 Å². The highest BCUT2D eigenvalue weighted by molar-refractivity contribution is 5.80. The van der Waals surface area contributed by atoms with Gasteiger partial charge in [0.05, 0.1) is 30.6 Å². The molecule has 1 aliphatic heterocycles. The van der Waals surface area contributed by atoms with Gasteiger partial charge in [-0.25, -0.2) is 9.37 Å². The molecule has 0 radical (unpaired) electrons. The monoisotopic (exact) mass is 369 g/mol. The SMILES string of the molecule is COc1cccc2c1OCC(C(=O)N(C)Cc1nc3ccc(F)cc3[nH]1)C2. The van der Waals surface area contributed by atoms with E-state index in [2.05, 4.69) is 9.97 Å². The van der Waals surface area contributed by atoms with E-state index in [-0.39, 0.29) is 17.6 Å². The summed E-state index contributed by atoms with van der Waals surface area (Å²) in [6.07, 6.45) is 0.598. The van der Waals surface area contributed by atoms with Gasteiger partial charge in [0.25, 0.3) is 0 Å². The van der Waals surface area contributed by atoms with Gasteiger partial charge in [-0.1, -0.05) is 12.1 Å². The Morgan fingerprint density at radius 1 is 1.41 bits per heavy atom. The summed E-state index contributed by atoms with van der Waals surface area (Å²) >= 11 is 0. The van der Waals surface area contributed by atoms with Crippen molar-refractivity contribution >= 4 is 16.9 Å². The van der Waals surface area contributed by atoms with Gasteiger partial charge in [-0.2, -0.15) is 0 Å². The maximum absolute atomic E-state index is 13.3. The molecular formula is C20H20FN3O3. The van der Waals surface area contributed by atoms with Crippen molar-refractivity contribution in [2.24, 2.45) is 5.92 Å². The zero-order chi connectivity index (χ0) is 19.0. The lowest BCUT2D eigenvalue weighted by atomic mass is 9.95. The topological polar surface area (TPSA) is 67.5 Å². The molecule has 2 aromatic carbocycles. The van der Waals surface area contributed by atoms with Gasteiger partial charge >= 0.3 is 0 Å². The Kier molecular flexibility index (Phi) is 4.43. The molecule has 1 N–H and O–H groups in total. The van der Waals surface area contributed by atoms with E-state index in [4.69, 9.17) is 9.47 Å². The van der Waals surface area contributed by atoms with Crippen LogP contribution < -0.4 is 9.47 Å². The number of H-pyrrole nitrogens is 1. The number of hydrogen-bond acceptors (Lipinski definition) is 4. The summed E-state index contributed by atoms with van der Waals surface area (Å²) in [7, 11) is 3.33. The van der Waals surface area contributed by atoms with E-state index in [1.54, 1.807) is 25.1 Å². The molecule has 0 aliphatic carbocycles. The van der Waals surface area contributed by atoms with Crippen molar-refractivity contribution < 1.29 is 18.7 Å². The Morgan fingerprint density at radius 3 is 3.07 bits per heavy atom. The van der Waals surface area contributed by atoms with E-state index in [1.165, 1.54) is 12.1 Å². The number of halogens is 1. The van der Waals surface area contributed by atoms with Crippen LogP contribution in [0, 0.1) is 11.7 Å². The van der Waals surface area contributed by atoms with Crippen molar-refractivity contribution in [2.45, 2.75) is 13.0 Å². The van der Waals surface area contributed by atoms with Gasteiger partial charge in [0, 0.05) is 7.05 Å². The van der Waals surface area contributed by atoms with Crippen molar-refractivity contribution in [3.05, 3.63) is 53.6 Å². The summed E-state index contributed by atoms with van der Waals surface area (Å²) in [5.41, 5.74) is 2.26. The van der Waals surface area contributed by atoms with E-state index >= 15 is 0 Å². The first-order chi connectivity index (χ1) is 13.0. The Morgan fingerprint density at radius 2 is 2.26 bits per heavy atom. The Balaban J connectivity index is 1.47. The number of methoxy groups -OCH3 is 1. The molecule has 0 fully saturated rings. The second-order valence-corrected chi connectivity index (χ2v) is 6.70. The second-order valence-electron chi connectivity index (χ2n) is 6.70. The van der Waals surface area contributed by atoms with Crippen LogP contribution in [0.2, 0.25) is 0 Å². The highest BCUT2D eigenvalue weighted by Gasteiger charge is 2.30. The number of fused-ring (bicyclic) bond motifs is 2.